The minimum Gasteiger partial charge on any atom is -0.497 e. The summed E-state index contributed by atoms with van der Waals surface area (Å²) >= 11 is 13.0. The van der Waals surface area contributed by atoms with E-state index in [-0.39, 0.29) is 12.2 Å². The molecule has 2 aromatic rings. The molecule has 25 heavy (non-hydrogen) atoms. The van der Waals surface area contributed by atoms with Gasteiger partial charge in [0.25, 0.3) is 0 Å². The summed E-state index contributed by atoms with van der Waals surface area (Å²) in [5.41, 5.74) is 0.750. The Morgan fingerprint density at radius 2 is 1.60 bits per heavy atom. The van der Waals surface area contributed by atoms with E-state index in [1.54, 1.807) is 26.4 Å². The first kappa shape index (κ1) is 19.6. The van der Waals surface area contributed by atoms with Crippen LogP contribution in [0.5, 0.6) is 11.5 Å². The second kappa shape index (κ2) is 7.67. The summed E-state index contributed by atoms with van der Waals surface area (Å²) in [6.07, 6.45) is 0.216. The van der Waals surface area contributed by atoms with Gasteiger partial charge in [-0.25, -0.2) is 0 Å². The molecular weight excluding hydrogens is 359 g/mol. The van der Waals surface area contributed by atoms with Crippen LogP contribution in [0.4, 0.5) is 0 Å². The van der Waals surface area contributed by atoms with Crippen LogP contribution in [0.1, 0.15) is 31.4 Å². The van der Waals surface area contributed by atoms with E-state index in [1.807, 2.05) is 50.2 Å². The van der Waals surface area contributed by atoms with Gasteiger partial charge in [0.15, 0.2) is 10.1 Å². The van der Waals surface area contributed by atoms with E-state index in [0.717, 1.165) is 11.1 Å². The summed E-state index contributed by atoms with van der Waals surface area (Å²) in [5.74, 6) is 1.07. The maximum Gasteiger partial charge on any atom is 0.190 e. The van der Waals surface area contributed by atoms with Gasteiger partial charge in [0.1, 0.15) is 11.5 Å². The quantitative estimate of drug-likeness (QED) is 0.686. The van der Waals surface area contributed by atoms with Crippen LogP contribution in [0.3, 0.4) is 0 Å². The van der Waals surface area contributed by atoms with Crippen molar-refractivity contribution in [3.05, 3.63) is 59.7 Å². The predicted molar refractivity (Wildman–Crippen MR) is 102 cm³/mol. The summed E-state index contributed by atoms with van der Waals surface area (Å²) in [5, 5.41) is 0. The van der Waals surface area contributed by atoms with E-state index in [1.165, 1.54) is 0 Å². The Balaban J connectivity index is 0.00000109. The normalized spacial score (nSPS) is 20.8. The molecule has 5 heteroatoms. The van der Waals surface area contributed by atoms with Crippen molar-refractivity contribution in [2.75, 3.05) is 14.2 Å². The van der Waals surface area contributed by atoms with E-state index in [2.05, 4.69) is 0 Å². The van der Waals surface area contributed by atoms with Gasteiger partial charge >= 0.3 is 0 Å². The Hall–Kier alpha value is -1.71. The lowest BCUT2D eigenvalue weighted by atomic mass is 9.58. The molecule has 3 rings (SSSR count). The van der Waals surface area contributed by atoms with Gasteiger partial charge in [-0.2, -0.15) is 0 Å². The SMILES string of the molecule is CC.COc1ccc(OC)c(C2(c3ccccc3)CC(=O)C2(Cl)Cl)c1. The molecule has 1 fully saturated rings. The van der Waals surface area contributed by atoms with Gasteiger partial charge in [-0.1, -0.05) is 67.4 Å². The molecule has 0 saturated heterocycles. The van der Waals surface area contributed by atoms with Crippen LogP contribution in [0.25, 0.3) is 0 Å². The Bertz CT molecular complexity index is 744. The highest BCUT2D eigenvalue weighted by Gasteiger charge is 2.67. The monoisotopic (exact) mass is 380 g/mol. The zero-order chi connectivity index (χ0) is 18.7. The number of methoxy groups -OCH3 is 2. The number of carbonyl (C=O) groups excluding carboxylic acids is 1. The van der Waals surface area contributed by atoms with Crippen LogP contribution < -0.4 is 9.47 Å². The average molecular weight is 381 g/mol. The number of hydrogen-bond acceptors (Lipinski definition) is 3. The first-order chi connectivity index (χ1) is 12.0. The third-order valence-corrected chi connectivity index (χ3v) is 5.51. The van der Waals surface area contributed by atoms with Crippen molar-refractivity contribution in [2.45, 2.75) is 30.0 Å². The Morgan fingerprint density at radius 3 is 2.08 bits per heavy atom. The number of benzene rings is 2. The second-order valence-electron chi connectivity index (χ2n) is 5.51. The van der Waals surface area contributed by atoms with Crippen LogP contribution in [0.15, 0.2) is 48.5 Å². The molecule has 0 radical (unpaired) electrons. The highest BCUT2D eigenvalue weighted by Crippen LogP contribution is 2.61. The lowest BCUT2D eigenvalue weighted by Crippen LogP contribution is -2.61. The van der Waals surface area contributed by atoms with Gasteiger partial charge in [-0.3, -0.25) is 4.79 Å². The molecule has 3 nitrogen and oxygen atoms in total. The van der Waals surface area contributed by atoms with Crippen LogP contribution in [0.2, 0.25) is 0 Å². The van der Waals surface area contributed by atoms with E-state index in [4.69, 9.17) is 32.7 Å². The third kappa shape index (κ3) is 3.00. The van der Waals surface area contributed by atoms with Crippen molar-refractivity contribution >= 4 is 29.0 Å². The van der Waals surface area contributed by atoms with Gasteiger partial charge in [-0.05, 0) is 23.8 Å². The van der Waals surface area contributed by atoms with Crippen molar-refractivity contribution in [3.8, 4) is 11.5 Å². The van der Waals surface area contributed by atoms with Crippen LogP contribution in [-0.4, -0.2) is 24.3 Å². The fraction of sp³-hybridized carbons (Fsp3) is 0.350. The summed E-state index contributed by atoms with van der Waals surface area (Å²) in [4.78, 5) is 12.1. The molecule has 0 bridgehead atoms. The third-order valence-electron chi connectivity index (χ3n) is 4.44. The molecule has 0 aromatic heterocycles. The minimum atomic E-state index is -1.55. The Kier molecular flexibility index (Phi) is 6.02. The molecule has 0 N–H and O–H groups in total. The summed E-state index contributed by atoms with van der Waals surface area (Å²) in [6.45, 7) is 4.00. The molecule has 0 spiro atoms. The Morgan fingerprint density at radius 1 is 0.960 bits per heavy atom. The predicted octanol–water partition coefficient (Wildman–Crippen LogP) is 5.16. The number of ether oxygens (including phenoxy) is 2. The molecule has 1 aliphatic rings. The molecule has 0 heterocycles. The molecule has 2 aromatic carbocycles. The minimum absolute atomic E-state index is 0.199. The number of rotatable bonds is 4. The lowest BCUT2D eigenvalue weighted by molar-refractivity contribution is -0.128. The highest BCUT2D eigenvalue weighted by atomic mass is 35.5. The van der Waals surface area contributed by atoms with Crippen molar-refractivity contribution < 1.29 is 14.3 Å². The van der Waals surface area contributed by atoms with E-state index in [9.17, 15) is 4.79 Å². The first-order valence-corrected chi connectivity index (χ1v) is 8.92. The van der Waals surface area contributed by atoms with Gasteiger partial charge in [0, 0.05) is 12.0 Å². The van der Waals surface area contributed by atoms with E-state index >= 15 is 0 Å². The fourth-order valence-electron chi connectivity index (χ4n) is 3.17. The largest absolute Gasteiger partial charge is 0.497 e. The average Bonchev–Trinajstić information content (AvgIpc) is 2.67. The zero-order valence-electron chi connectivity index (χ0n) is 14.8. The van der Waals surface area contributed by atoms with E-state index in [0.29, 0.717) is 11.5 Å². The highest BCUT2D eigenvalue weighted by molar-refractivity contribution is 6.62. The molecule has 0 aliphatic heterocycles. The summed E-state index contributed by atoms with van der Waals surface area (Å²) in [6, 6.07) is 15.0. The number of alkyl halides is 2. The smallest absolute Gasteiger partial charge is 0.190 e. The summed E-state index contributed by atoms with van der Waals surface area (Å²) in [7, 11) is 3.16. The number of Topliss-reactive ketones (excluding diaryl/α,β-unsaturated/α-hetero) is 1. The standard InChI is InChI=1S/C18H16Cl2O3.C2H6/c1-22-13-8-9-15(23-2)14(10-13)17(11-16(21)18(17,19)20)12-6-4-3-5-7-12;1-2/h3-10H,11H2,1-2H3;1-2H3. The first-order valence-electron chi connectivity index (χ1n) is 8.16. The van der Waals surface area contributed by atoms with E-state index < -0.39 is 9.75 Å². The van der Waals surface area contributed by atoms with Crippen molar-refractivity contribution in [1.29, 1.82) is 0 Å². The zero-order valence-corrected chi connectivity index (χ0v) is 16.3. The van der Waals surface area contributed by atoms with Gasteiger partial charge in [0.05, 0.1) is 19.6 Å². The summed E-state index contributed by atoms with van der Waals surface area (Å²) < 4.78 is 9.27. The van der Waals surface area contributed by atoms with Crippen molar-refractivity contribution in [3.63, 3.8) is 0 Å². The molecule has 1 aliphatic carbocycles. The fourth-order valence-corrected chi connectivity index (χ4v) is 3.86. The molecular formula is C20H22Cl2O3. The number of hydrogen-bond donors (Lipinski definition) is 0. The number of ketones is 1. The lowest BCUT2D eigenvalue weighted by Gasteiger charge is -2.51. The maximum absolute atomic E-state index is 12.1. The molecule has 1 unspecified atom stereocenters. The second-order valence-corrected chi connectivity index (χ2v) is 6.84. The van der Waals surface area contributed by atoms with Crippen LogP contribution in [-0.2, 0) is 10.2 Å². The van der Waals surface area contributed by atoms with Crippen LogP contribution >= 0.6 is 23.2 Å². The molecule has 1 atom stereocenters. The molecule has 0 amide bonds. The maximum atomic E-state index is 12.1. The molecule has 1 saturated carbocycles. The van der Waals surface area contributed by atoms with Gasteiger partial charge < -0.3 is 9.47 Å². The van der Waals surface area contributed by atoms with Crippen molar-refractivity contribution in [1.82, 2.24) is 0 Å². The topological polar surface area (TPSA) is 35.5 Å². The molecule has 134 valence electrons. The Labute approximate surface area is 158 Å². The van der Waals surface area contributed by atoms with Gasteiger partial charge in [-0.15, -0.1) is 0 Å². The van der Waals surface area contributed by atoms with Crippen molar-refractivity contribution in [2.24, 2.45) is 0 Å². The number of carbonyl (C=O) groups is 1. The van der Waals surface area contributed by atoms with Crippen LogP contribution in [0, 0.1) is 0 Å². The van der Waals surface area contributed by atoms with Gasteiger partial charge in [0.2, 0.25) is 0 Å². The number of halogens is 2.